The molecule has 3 aromatic carbocycles. The van der Waals surface area contributed by atoms with Crippen LogP contribution in [-0.4, -0.2) is 37.1 Å². The van der Waals surface area contributed by atoms with Gasteiger partial charge in [0.2, 0.25) is 15.9 Å². The second-order valence-electron chi connectivity index (χ2n) is 9.20. The second-order valence-corrected chi connectivity index (χ2v) is 11.0. The number of hydrogen-bond donors (Lipinski definition) is 0. The zero-order valence-electron chi connectivity index (χ0n) is 20.8. The molecule has 36 heavy (non-hydrogen) atoms. The monoisotopic (exact) mass is 508 g/mol. The molecule has 1 heterocycles. The van der Waals surface area contributed by atoms with Crippen molar-refractivity contribution in [2.75, 3.05) is 11.4 Å². The second kappa shape index (κ2) is 9.95. The lowest BCUT2D eigenvalue weighted by Gasteiger charge is -2.29. The minimum Gasteiger partial charge on any atom is -0.274 e. The molecule has 1 atom stereocenters. The third kappa shape index (κ3) is 4.70. The minimum absolute atomic E-state index is 0.0269. The lowest BCUT2D eigenvalue weighted by molar-refractivity contribution is -0.122. The van der Waals surface area contributed by atoms with Crippen LogP contribution in [0.2, 0.25) is 0 Å². The number of carbonyl (C=O) groups excluding carboxylic acids is 2. The molecule has 2 amide bonds. The van der Waals surface area contributed by atoms with Crippen LogP contribution in [0.3, 0.4) is 0 Å². The average molecular weight is 509 g/mol. The van der Waals surface area contributed by atoms with Crippen molar-refractivity contribution < 1.29 is 22.4 Å². The van der Waals surface area contributed by atoms with Gasteiger partial charge < -0.3 is 0 Å². The Kier molecular flexibility index (Phi) is 7.11. The Bertz CT molecular complexity index is 1390. The van der Waals surface area contributed by atoms with E-state index in [4.69, 9.17) is 0 Å². The number of imide groups is 1. The Labute approximate surface area is 211 Å². The number of anilines is 1. The molecule has 1 unspecified atom stereocenters. The lowest BCUT2D eigenvalue weighted by Crippen LogP contribution is -2.46. The number of sulfonamides is 1. The molecule has 0 bridgehead atoms. The Balaban J connectivity index is 1.79. The van der Waals surface area contributed by atoms with E-state index in [0.717, 1.165) is 33.7 Å². The van der Waals surface area contributed by atoms with Crippen LogP contribution in [0.4, 0.5) is 10.1 Å². The van der Waals surface area contributed by atoms with Gasteiger partial charge in [-0.1, -0.05) is 36.4 Å². The lowest BCUT2D eigenvalue weighted by atomic mass is 10.0. The molecule has 0 aromatic heterocycles. The fourth-order valence-corrected chi connectivity index (χ4v) is 6.88. The average Bonchev–Trinajstić information content (AvgIpc) is 3.12. The molecule has 1 saturated heterocycles. The van der Waals surface area contributed by atoms with Gasteiger partial charge in [-0.2, -0.15) is 4.31 Å². The summed E-state index contributed by atoms with van der Waals surface area (Å²) in [4.78, 5) is 27.6. The largest absolute Gasteiger partial charge is 0.274 e. The smallest absolute Gasteiger partial charge is 0.252 e. The maximum absolute atomic E-state index is 14.2. The van der Waals surface area contributed by atoms with Crippen molar-refractivity contribution in [2.45, 2.75) is 51.5 Å². The van der Waals surface area contributed by atoms with Crippen LogP contribution in [0.25, 0.3) is 0 Å². The van der Waals surface area contributed by atoms with E-state index in [-0.39, 0.29) is 23.5 Å². The molecule has 1 fully saturated rings. The number of nitrogens with zero attached hydrogens (tertiary/aromatic N) is 2. The number of carbonyl (C=O) groups is 2. The van der Waals surface area contributed by atoms with Gasteiger partial charge in [0.05, 0.1) is 17.0 Å². The van der Waals surface area contributed by atoms with Crippen LogP contribution in [0.15, 0.2) is 65.6 Å². The van der Waals surface area contributed by atoms with Gasteiger partial charge in [-0.3, -0.25) is 9.59 Å². The summed E-state index contributed by atoms with van der Waals surface area (Å²) in [7, 11) is -4.16. The zero-order valence-corrected chi connectivity index (χ0v) is 21.6. The fraction of sp³-hybridized carbons (Fsp3) is 0.286. The van der Waals surface area contributed by atoms with E-state index in [0.29, 0.717) is 17.5 Å². The number of hydrogen-bond acceptors (Lipinski definition) is 4. The first-order valence-corrected chi connectivity index (χ1v) is 13.2. The van der Waals surface area contributed by atoms with Crippen LogP contribution < -0.4 is 4.90 Å². The van der Waals surface area contributed by atoms with Crippen LogP contribution >= 0.6 is 0 Å². The third-order valence-electron chi connectivity index (χ3n) is 6.88. The number of amides is 2. The first-order chi connectivity index (χ1) is 17.0. The van der Waals surface area contributed by atoms with Crippen molar-refractivity contribution in [1.82, 2.24) is 4.31 Å². The highest BCUT2D eigenvalue weighted by molar-refractivity contribution is 7.89. The van der Waals surface area contributed by atoms with Crippen molar-refractivity contribution in [2.24, 2.45) is 0 Å². The maximum Gasteiger partial charge on any atom is 0.252 e. The fourth-order valence-electron chi connectivity index (χ4n) is 4.71. The molecular weight excluding hydrogens is 479 g/mol. The molecular formula is C28H29FN2O4S. The summed E-state index contributed by atoms with van der Waals surface area (Å²) in [6, 6.07) is 15.2. The number of halogens is 1. The van der Waals surface area contributed by atoms with Crippen LogP contribution in [0, 0.1) is 33.5 Å². The highest BCUT2D eigenvalue weighted by Gasteiger charge is 2.47. The van der Waals surface area contributed by atoms with E-state index in [9.17, 15) is 22.4 Å². The van der Waals surface area contributed by atoms with Gasteiger partial charge in [0.25, 0.3) is 5.91 Å². The van der Waals surface area contributed by atoms with Gasteiger partial charge in [-0.15, -0.1) is 0 Å². The van der Waals surface area contributed by atoms with Crippen LogP contribution in [0.1, 0.15) is 34.2 Å². The summed E-state index contributed by atoms with van der Waals surface area (Å²) in [5.74, 6) is -1.66. The van der Waals surface area contributed by atoms with Gasteiger partial charge in [0.1, 0.15) is 11.9 Å². The summed E-state index contributed by atoms with van der Waals surface area (Å²) in [5.41, 5.74) is 4.04. The molecule has 0 radical (unpaired) electrons. The van der Waals surface area contributed by atoms with Crippen molar-refractivity contribution >= 4 is 27.5 Å². The van der Waals surface area contributed by atoms with E-state index in [1.165, 1.54) is 16.4 Å². The van der Waals surface area contributed by atoms with Crippen LogP contribution in [0.5, 0.6) is 0 Å². The predicted octanol–water partition coefficient (Wildman–Crippen LogP) is 4.62. The minimum atomic E-state index is -4.16. The van der Waals surface area contributed by atoms with Gasteiger partial charge in [0, 0.05) is 6.54 Å². The van der Waals surface area contributed by atoms with Crippen LogP contribution in [-0.2, 0) is 26.0 Å². The van der Waals surface area contributed by atoms with E-state index in [1.807, 2.05) is 50.2 Å². The normalized spacial score (nSPS) is 16.3. The predicted molar refractivity (Wildman–Crippen MR) is 137 cm³/mol. The molecule has 188 valence electrons. The topological polar surface area (TPSA) is 74.8 Å². The highest BCUT2D eigenvalue weighted by Crippen LogP contribution is 2.33. The summed E-state index contributed by atoms with van der Waals surface area (Å²) in [6.07, 6.45) is 0.0879. The summed E-state index contributed by atoms with van der Waals surface area (Å²) in [5, 5.41) is 0. The van der Waals surface area contributed by atoms with Gasteiger partial charge >= 0.3 is 0 Å². The standard InChI is InChI=1S/C28H29FN2O4S/c1-18-16-19(2)21(4)27(20(18)3)36(34,35)30(15-14-22-8-6-5-7-9-22)25-17-26(32)31(28(25)33)24-12-10-23(29)11-13-24/h5-13,16,25H,14-15,17H2,1-4H3. The van der Waals surface area contributed by atoms with E-state index in [2.05, 4.69) is 0 Å². The van der Waals surface area contributed by atoms with Crippen molar-refractivity contribution in [3.63, 3.8) is 0 Å². The number of benzene rings is 3. The van der Waals surface area contributed by atoms with Gasteiger partial charge in [-0.25, -0.2) is 17.7 Å². The Morgan fingerprint density at radius 1 is 0.917 bits per heavy atom. The molecule has 4 rings (SSSR count). The summed E-state index contributed by atoms with van der Waals surface area (Å²) < 4.78 is 43.1. The molecule has 6 nitrogen and oxygen atoms in total. The molecule has 0 spiro atoms. The quantitative estimate of drug-likeness (QED) is 0.437. The molecule has 1 aliphatic heterocycles. The zero-order chi connectivity index (χ0) is 26.2. The van der Waals surface area contributed by atoms with Crippen molar-refractivity contribution in [1.29, 1.82) is 0 Å². The highest BCUT2D eigenvalue weighted by atomic mass is 32.2. The van der Waals surface area contributed by atoms with E-state index >= 15 is 0 Å². The third-order valence-corrected chi connectivity index (χ3v) is 9.07. The SMILES string of the molecule is Cc1cc(C)c(C)c(S(=O)(=O)N(CCc2ccccc2)C2CC(=O)N(c3ccc(F)cc3)C2=O)c1C. The maximum atomic E-state index is 14.2. The first-order valence-electron chi connectivity index (χ1n) is 11.8. The molecule has 3 aromatic rings. The number of rotatable bonds is 7. The molecule has 8 heteroatoms. The first kappa shape index (κ1) is 25.7. The Morgan fingerprint density at radius 3 is 2.08 bits per heavy atom. The van der Waals surface area contributed by atoms with Crippen molar-refractivity contribution in [3.05, 3.63) is 94.3 Å². The van der Waals surface area contributed by atoms with Gasteiger partial charge in [-0.05, 0) is 86.2 Å². The molecule has 0 saturated carbocycles. The van der Waals surface area contributed by atoms with Crippen molar-refractivity contribution in [3.8, 4) is 0 Å². The van der Waals surface area contributed by atoms with Gasteiger partial charge in [0.15, 0.2) is 0 Å². The molecule has 0 N–H and O–H groups in total. The van der Waals surface area contributed by atoms with E-state index in [1.54, 1.807) is 13.8 Å². The Hall–Kier alpha value is -3.36. The molecule has 0 aliphatic carbocycles. The Morgan fingerprint density at radius 2 is 1.50 bits per heavy atom. The molecule has 1 aliphatic rings. The summed E-state index contributed by atoms with van der Waals surface area (Å²) >= 11 is 0. The summed E-state index contributed by atoms with van der Waals surface area (Å²) in [6.45, 7) is 7.26. The van der Waals surface area contributed by atoms with E-state index < -0.39 is 33.7 Å². The number of aryl methyl sites for hydroxylation is 2.